The predicted octanol–water partition coefficient (Wildman–Crippen LogP) is 4.69. The molecular formula is C22H16BrN3O. The molecule has 4 nitrogen and oxygen atoms in total. The van der Waals surface area contributed by atoms with Crippen LogP contribution in [0.15, 0.2) is 95.6 Å². The van der Waals surface area contributed by atoms with Crippen LogP contribution in [0.5, 0.6) is 0 Å². The van der Waals surface area contributed by atoms with Gasteiger partial charge in [0.15, 0.2) is 22.1 Å². The molecule has 132 valence electrons. The minimum absolute atomic E-state index is 0.266. The van der Waals surface area contributed by atoms with Crippen molar-refractivity contribution in [2.24, 2.45) is 0 Å². The summed E-state index contributed by atoms with van der Waals surface area (Å²) in [6.07, 6.45) is 0.708. The van der Waals surface area contributed by atoms with Crippen LogP contribution in [-0.4, -0.2) is 21.3 Å². The smallest absolute Gasteiger partial charge is 0.173 e. The monoisotopic (exact) mass is 417 g/mol. The summed E-state index contributed by atoms with van der Waals surface area (Å²) in [6, 6.07) is 30.2. The van der Waals surface area contributed by atoms with Crippen LogP contribution >= 0.6 is 15.9 Å². The number of benzene rings is 3. The van der Waals surface area contributed by atoms with Crippen molar-refractivity contribution in [2.75, 3.05) is 0 Å². The molecule has 5 heteroatoms. The Kier molecular flexibility index (Phi) is 4.69. The molecule has 0 amide bonds. The minimum Gasteiger partial charge on any atom is -0.296 e. The van der Waals surface area contributed by atoms with E-state index < -0.39 is 5.54 Å². The summed E-state index contributed by atoms with van der Waals surface area (Å²) >= 11 is 3.36. The Morgan fingerprint density at radius 2 is 1.11 bits per heavy atom. The first-order chi connectivity index (χ1) is 13.3. The minimum atomic E-state index is -0.812. The number of rotatable bonds is 5. The fraction of sp³-hybridized carbons (Fsp3) is 0.0455. The number of hydrogen-bond acceptors (Lipinski definition) is 3. The van der Waals surface area contributed by atoms with E-state index in [0.717, 1.165) is 16.7 Å². The molecule has 27 heavy (non-hydrogen) atoms. The number of halogens is 1. The van der Waals surface area contributed by atoms with Gasteiger partial charge in [0.05, 0.1) is 0 Å². The summed E-state index contributed by atoms with van der Waals surface area (Å²) in [7, 11) is 0. The molecule has 0 aliphatic carbocycles. The average molecular weight is 418 g/mol. The van der Waals surface area contributed by atoms with E-state index in [-0.39, 0.29) is 5.69 Å². The zero-order valence-corrected chi connectivity index (χ0v) is 16.0. The SMILES string of the molecule is O=Cc1nn(C(c2ccccc2)(c2ccccc2)c2ccccc2)nc1Br. The molecule has 0 saturated heterocycles. The van der Waals surface area contributed by atoms with E-state index in [1.54, 1.807) is 4.80 Å². The highest BCUT2D eigenvalue weighted by Crippen LogP contribution is 2.40. The van der Waals surface area contributed by atoms with E-state index in [9.17, 15) is 4.79 Å². The first kappa shape index (κ1) is 17.4. The third kappa shape index (κ3) is 2.90. The van der Waals surface area contributed by atoms with Gasteiger partial charge in [-0.05, 0) is 32.6 Å². The van der Waals surface area contributed by atoms with Crippen LogP contribution in [0.25, 0.3) is 0 Å². The van der Waals surface area contributed by atoms with Gasteiger partial charge >= 0.3 is 0 Å². The molecule has 0 bridgehead atoms. The van der Waals surface area contributed by atoms with Crippen LogP contribution in [0.2, 0.25) is 0 Å². The van der Waals surface area contributed by atoms with Crippen LogP contribution in [-0.2, 0) is 5.54 Å². The van der Waals surface area contributed by atoms with Crippen molar-refractivity contribution in [3.63, 3.8) is 0 Å². The van der Waals surface area contributed by atoms with Gasteiger partial charge in [-0.2, -0.15) is 4.80 Å². The van der Waals surface area contributed by atoms with E-state index in [2.05, 4.69) is 62.5 Å². The molecule has 4 aromatic rings. The first-order valence-corrected chi connectivity index (χ1v) is 9.31. The molecule has 0 unspecified atom stereocenters. The predicted molar refractivity (Wildman–Crippen MR) is 108 cm³/mol. The lowest BCUT2D eigenvalue weighted by molar-refractivity contribution is 0.111. The van der Waals surface area contributed by atoms with Gasteiger partial charge in [0, 0.05) is 0 Å². The topological polar surface area (TPSA) is 47.8 Å². The maximum atomic E-state index is 11.4. The molecule has 1 aromatic heterocycles. The molecule has 0 aliphatic rings. The van der Waals surface area contributed by atoms with Crippen LogP contribution in [0, 0.1) is 0 Å². The first-order valence-electron chi connectivity index (χ1n) is 8.52. The highest BCUT2D eigenvalue weighted by atomic mass is 79.9. The zero-order valence-electron chi connectivity index (χ0n) is 14.4. The quantitative estimate of drug-likeness (QED) is 0.349. The highest BCUT2D eigenvalue weighted by molar-refractivity contribution is 9.10. The van der Waals surface area contributed by atoms with E-state index in [0.29, 0.717) is 10.9 Å². The number of nitrogens with zero attached hydrogens (tertiary/aromatic N) is 3. The van der Waals surface area contributed by atoms with Gasteiger partial charge in [-0.1, -0.05) is 91.0 Å². The normalized spacial score (nSPS) is 11.3. The lowest BCUT2D eigenvalue weighted by Crippen LogP contribution is -2.39. The van der Waals surface area contributed by atoms with Gasteiger partial charge in [-0.25, -0.2) is 0 Å². The molecule has 0 fully saturated rings. The van der Waals surface area contributed by atoms with Gasteiger partial charge in [-0.15, -0.1) is 10.2 Å². The summed E-state index contributed by atoms with van der Waals surface area (Å²) < 4.78 is 0.421. The maximum Gasteiger partial charge on any atom is 0.173 e. The second kappa shape index (κ2) is 7.29. The van der Waals surface area contributed by atoms with Crippen molar-refractivity contribution in [3.8, 4) is 0 Å². The van der Waals surface area contributed by atoms with Crippen molar-refractivity contribution in [1.29, 1.82) is 0 Å². The molecule has 0 aliphatic heterocycles. The van der Waals surface area contributed by atoms with Crippen LogP contribution < -0.4 is 0 Å². The molecule has 0 atom stereocenters. The Morgan fingerprint density at radius 3 is 1.44 bits per heavy atom. The van der Waals surface area contributed by atoms with Crippen molar-refractivity contribution in [2.45, 2.75) is 5.54 Å². The van der Waals surface area contributed by atoms with E-state index in [1.807, 2.05) is 54.6 Å². The Morgan fingerprint density at radius 1 is 0.704 bits per heavy atom. The molecular weight excluding hydrogens is 402 g/mol. The molecule has 0 radical (unpaired) electrons. The van der Waals surface area contributed by atoms with Crippen molar-refractivity contribution in [3.05, 3.63) is 118 Å². The van der Waals surface area contributed by atoms with Gasteiger partial charge in [0.25, 0.3) is 0 Å². The van der Waals surface area contributed by atoms with Crippen molar-refractivity contribution in [1.82, 2.24) is 15.0 Å². The van der Waals surface area contributed by atoms with E-state index in [4.69, 9.17) is 0 Å². The number of aromatic nitrogens is 3. The summed E-state index contributed by atoms with van der Waals surface area (Å²) in [5.41, 5.74) is 2.46. The van der Waals surface area contributed by atoms with Crippen molar-refractivity contribution < 1.29 is 4.79 Å². The summed E-state index contributed by atoms with van der Waals surface area (Å²) in [6.45, 7) is 0. The molecule has 4 rings (SSSR count). The Balaban J connectivity index is 2.14. The highest BCUT2D eigenvalue weighted by Gasteiger charge is 2.41. The second-order valence-corrected chi connectivity index (χ2v) is 6.84. The number of carbonyl (C=O) groups excluding carboxylic acids is 1. The zero-order chi connectivity index (χ0) is 18.7. The Bertz CT molecular complexity index is 950. The third-order valence-corrected chi connectivity index (χ3v) is 5.15. The largest absolute Gasteiger partial charge is 0.296 e. The third-order valence-electron chi connectivity index (χ3n) is 4.58. The Labute approximate surface area is 165 Å². The molecule has 0 spiro atoms. The lowest BCUT2D eigenvalue weighted by atomic mass is 9.77. The molecule has 1 heterocycles. The Hall–Kier alpha value is -3.05. The van der Waals surface area contributed by atoms with E-state index in [1.165, 1.54) is 0 Å². The number of aldehydes is 1. The molecule has 0 saturated carbocycles. The van der Waals surface area contributed by atoms with Crippen LogP contribution in [0.1, 0.15) is 27.2 Å². The van der Waals surface area contributed by atoms with Crippen LogP contribution in [0.4, 0.5) is 0 Å². The molecule has 0 N–H and O–H groups in total. The van der Waals surface area contributed by atoms with Crippen LogP contribution in [0.3, 0.4) is 0 Å². The summed E-state index contributed by atoms with van der Waals surface area (Å²) in [5, 5.41) is 9.09. The van der Waals surface area contributed by atoms with Crippen molar-refractivity contribution >= 4 is 22.2 Å². The standard InChI is InChI=1S/C22H16BrN3O/c23-21-20(16-27)24-26(25-21)22(17-10-4-1-5-11-17,18-12-6-2-7-13-18)19-14-8-3-9-15-19/h1-16H. The van der Waals surface area contributed by atoms with Gasteiger partial charge in [0.2, 0.25) is 0 Å². The van der Waals surface area contributed by atoms with Gasteiger partial charge in [-0.3, -0.25) is 4.79 Å². The summed E-state index contributed by atoms with van der Waals surface area (Å²) in [4.78, 5) is 13.1. The average Bonchev–Trinajstić information content (AvgIpc) is 3.12. The second-order valence-electron chi connectivity index (χ2n) is 6.09. The van der Waals surface area contributed by atoms with Gasteiger partial charge < -0.3 is 0 Å². The summed E-state index contributed by atoms with van der Waals surface area (Å²) in [5.74, 6) is 0. The van der Waals surface area contributed by atoms with E-state index >= 15 is 0 Å². The number of hydrogen-bond donors (Lipinski definition) is 0. The fourth-order valence-corrected chi connectivity index (χ4v) is 3.73. The molecule has 3 aromatic carbocycles. The fourth-order valence-electron chi connectivity index (χ4n) is 3.41. The van der Waals surface area contributed by atoms with Gasteiger partial charge in [0.1, 0.15) is 0 Å². The lowest BCUT2D eigenvalue weighted by Gasteiger charge is -2.34. The maximum absolute atomic E-state index is 11.4. The number of carbonyl (C=O) groups is 1.